The van der Waals surface area contributed by atoms with E-state index in [4.69, 9.17) is 10.1 Å². The number of hydrogen-bond acceptors (Lipinski definition) is 5. The van der Waals surface area contributed by atoms with Crippen molar-refractivity contribution in [3.63, 3.8) is 0 Å². The second kappa shape index (κ2) is 10.1. The first-order valence-electron chi connectivity index (χ1n) is 11.2. The van der Waals surface area contributed by atoms with Crippen molar-refractivity contribution < 1.29 is 0 Å². The predicted molar refractivity (Wildman–Crippen MR) is 133 cm³/mol. The highest BCUT2D eigenvalue weighted by Crippen LogP contribution is 2.26. The first-order valence-corrected chi connectivity index (χ1v) is 11.2. The second-order valence-corrected chi connectivity index (χ2v) is 7.84. The fraction of sp³-hybridized carbons (Fsp3) is 0.148. The Morgan fingerprint density at radius 1 is 0.758 bits per heavy atom. The van der Waals surface area contributed by atoms with Crippen LogP contribution in [0.15, 0.2) is 97.2 Å². The molecule has 0 bridgehead atoms. The van der Waals surface area contributed by atoms with E-state index in [2.05, 4.69) is 64.1 Å². The molecule has 5 rings (SSSR count). The van der Waals surface area contributed by atoms with Crippen molar-refractivity contribution in [3.05, 3.63) is 103 Å². The summed E-state index contributed by atoms with van der Waals surface area (Å²) in [5.74, 6) is 0.909. The molecule has 2 N–H and O–H groups in total. The summed E-state index contributed by atoms with van der Waals surface area (Å²) < 4.78 is 1.95. The van der Waals surface area contributed by atoms with Crippen LogP contribution in [0.2, 0.25) is 0 Å². The molecule has 0 saturated heterocycles. The molecule has 5 aromatic rings. The van der Waals surface area contributed by atoms with Crippen molar-refractivity contribution >= 4 is 11.5 Å². The molecule has 6 nitrogen and oxygen atoms in total. The van der Waals surface area contributed by atoms with E-state index in [1.807, 2.05) is 47.0 Å². The largest absolute Gasteiger partial charge is 0.370 e. The van der Waals surface area contributed by atoms with E-state index in [-0.39, 0.29) is 0 Å². The van der Waals surface area contributed by atoms with Gasteiger partial charge >= 0.3 is 0 Å². The molecule has 164 valence electrons. The van der Waals surface area contributed by atoms with Gasteiger partial charge in [0.2, 0.25) is 0 Å². The molecule has 0 fully saturated rings. The predicted octanol–water partition coefficient (Wildman–Crippen LogP) is 5.05. The summed E-state index contributed by atoms with van der Waals surface area (Å²) in [6.45, 7) is 2.46. The second-order valence-electron chi connectivity index (χ2n) is 7.84. The van der Waals surface area contributed by atoms with Crippen molar-refractivity contribution in [2.45, 2.75) is 13.0 Å². The third-order valence-electron chi connectivity index (χ3n) is 5.42. The lowest BCUT2D eigenvalue weighted by atomic mass is 10.1. The Bertz CT molecular complexity index is 1300. The molecule has 0 amide bonds. The topological polar surface area (TPSA) is 67.1 Å². The highest BCUT2D eigenvalue weighted by Gasteiger charge is 2.12. The number of pyridine rings is 1. The summed E-state index contributed by atoms with van der Waals surface area (Å²) in [6, 6.07) is 30.7. The number of hydrogen-bond donors (Lipinski definition) is 2. The fourth-order valence-electron chi connectivity index (χ4n) is 3.79. The van der Waals surface area contributed by atoms with Gasteiger partial charge in [-0.1, -0.05) is 66.7 Å². The minimum Gasteiger partial charge on any atom is -0.370 e. The number of nitrogens with one attached hydrogen (secondary N) is 2. The number of anilines is 1. The molecule has 0 aliphatic heterocycles. The first kappa shape index (κ1) is 20.8. The van der Waals surface area contributed by atoms with E-state index in [1.165, 1.54) is 0 Å². The summed E-state index contributed by atoms with van der Waals surface area (Å²) in [6.07, 6.45) is 2.79. The highest BCUT2D eigenvalue weighted by atomic mass is 15.3. The average molecular weight is 435 g/mol. The SMILES string of the molecule is c1ccc(-c2cc(-c3ccccc3)n3nc(CNCCCNc4ccccn4)cc3n2)cc1. The van der Waals surface area contributed by atoms with Crippen LogP contribution in [-0.2, 0) is 6.54 Å². The lowest BCUT2D eigenvalue weighted by Gasteiger charge is -2.08. The van der Waals surface area contributed by atoms with E-state index >= 15 is 0 Å². The van der Waals surface area contributed by atoms with Gasteiger partial charge in [0.25, 0.3) is 0 Å². The maximum atomic E-state index is 4.90. The maximum absolute atomic E-state index is 4.90. The van der Waals surface area contributed by atoms with Crippen LogP contribution >= 0.6 is 0 Å². The molecule has 0 unspecified atom stereocenters. The van der Waals surface area contributed by atoms with Gasteiger partial charge in [-0.15, -0.1) is 0 Å². The average Bonchev–Trinajstić information content (AvgIpc) is 3.30. The van der Waals surface area contributed by atoms with Gasteiger partial charge < -0.3 is 10.6 Å². The van der Waals surface area contributed by atoms with Crippen LogP contribution in [0.3, 0.4) is 0 Å². The molecule has 0 atom stereocenters. The van der Waals surface area contributed by atoms with Crippen molar-refractivity contribution in [3.8, 4) is 22.5 Å². The molecular weight excluding hydrogens is 408 g/mol. The summed E-state index contributed by atoms with van der Waals surface area (Å²) in [7, 11) is 0. The van der Waals surface area contributed by atoms with Gasteiger partial charge in [0.1, 0.15) is 5.82 Å². The van der Waals surface area contributed by atoms with E-state index in [1.54, 1.807) is 6.20 Å². The summed E-state index contributed by atoms with van der Waals surface area (Å²) in [4.78, 5) is 9.18. The van der Waals surface area contributed by atoms with E-state index in [9.17, 15) is 0 Å². The number of rotatable bonds is 9. The van der Waals surface area contributed by atoms with Crippen molar-refractivity contribution in [2.24, 2.45) is 0 Å². The zero-order valence-electron chi connectivity index (χ0n) is 18.4. The van der Waals surface area contributed by atoms with Gasteiger partial charge in [-0.2, -0.15) is 5.10 Å². The van der Waals surface area contributed by atoms with Gasteiger partial charge in [0, 0.05) is 36.5 Å². The van der Waals surface area contributed by atoms with E-state index < -0.39 is 0 Å². The van der Waals surface area contributed by atoms with Crippen LogP contribution < -0.4 is 10.6 Å². The van der Waals surface area contributed by atoms with Crippen molar-refractivity contribution in [1.29, 1.82) is 0 Å². The number of aromatic nitrogens is 4. The third-order valence-corrected chi connectivity index (χ3v) is 5.42. The smallest absolute Gasteiger partial charge is 0.156 e. The number of nitrogens with zero attached hydrogens (tertiary/aromatic N) is 4. The van der Waals surface area contributed by atoms with Gasteiger partial charge in [-0.25, -0.2) is 14.5 Å². The van der Waals surface area contributed by atoms with Crippen LogP contribution in [0.5, 0.6) is 0 Å². The molecule has 0 aliphatic rings. The standard InChI is InChI=1S/C27H26N6/c1-3-10-21(11-4-1)24-19-25(22-12-5-2-6-13-22)33-27(31-24)18-23(32-33)20-28-15-9-17-30-26-14-7-8-16-29-26/h1-8,10-14,16,18-19,28H,9,15,17,20H2,(H,29,30). The lowest BCUT2D eigenvalue weighted by molar-refractivity contribution is 0.648. The molecule has 0 spiro atoms. The molecule has 0 aliphatic carbocycles. The van der Waals surface area contributed by atoms with Crippen LogP contribution in [0, 0.1) is 0 Å². The fourth-order valence-corrected chi connectivity index (χ4v) is 3.79. The van der Waals surface area contributed by atoms with Crippen molar-refractivity contribution in [1.82, 2.24) is 24.9 Å². The van der Waals surface area contributed by atoms with Gasteiger partial charge in [0.15, 0.2) is 5.65 Å². The molecule has 0 saturated carbocycles. The molecule has 2 aromatic carbocycles. The lowest BCUT2D eigenvalue weighted by Crippen LogP contribution is -2.18. The quantitative estimate of drug-likeness (QED) is 0.318. The van der Waals surface area contributed by atoms with Gasteiger partial charge in [0.05, 0.1) is 17.1 Å². The van der Waals surface area contributed by atoms with Crippen LogP contribution in [-0.4, -0.2) is 32.7 Å². The normalized spacial score (nSPS) is 11.0. The Balaban J connectivity index is 1.31. The Hall–Kier alpha value is -4.03. The Morgan fingerprint density at radius 2 is 1.52 bits per heavy atom. The van der Waals surface area contributed by atoms with Gasteiger partial charge in [-0.05, 0) is 31.2 Å². The summed E-state index contributed by atoms with van der Waals surface area (Å²) in [5, 5.41) is 11.7. The maximum Gasteiger partial charge on any atom is 0.156 e. The Morgan fingerprint density at radius 3 is 2.27 bits per heavy atom. The summed E-state index contributed by atoms with van der Waals surface area (Å²) in [5.41, 5.74) is 6.02. The Labute approximate surface area is 193 Å². The van der Waals surface area contributed by atoms with Crippen molar-refractivity contribution in [2.75, 3.05) is 18.4 Å². The number of benzene rings is 2. The summed E-state index contributed by atoms with van der Waals surface area (Å²) >= 11 is 0. The van der Waals surface area contributed by atoms with Crippen LogP contribution in [0.1, 0.15) is 12.1 Å². The monoisotopic (exact) mass is 434 g/mol. The minimum atomic E-state index is 0.696. The Kier molecular flexibility index (Phi) is 6.36. The molecule has 3 heterocycles. The number of fused-ring (bicyclic) bond motifs is 1. The molecule has 3 aromatic heterocycles. The van der Waals surface area contributed by atoms with E-state index in [0.717, 1.165) is 59.2 Å². The van der Waals surface area contributed by atoms with Crippen LogP contribution in [0.25, 0.3) is 28.2 Å². The molecule has 6 heteroatoms. The van der Waals surface area contributed by atoms with Gasteiger partial charge in [-0.3, -0.25) is 0 Å². The molecule has 33 heavy (non-hydrogen) atoms. The zero-order chi connectivity index (χ0) is 22.3. The minimum absolute atomic E-state index is 0.696. The van der Waals surface area contributed by atoms with E-state index in [0.29, 0.717) is 6.54 Å². The highest BCUT2D eigenvalue weighted by molar-refractivity contribution is 5.71. The molecule has 0 radical (unpaired) electrons. The van der Waals surface area contributed by atoms with Crippen LogP contribution in [0.4, 0.5) is 5.82 Å². The first-order chi connectivity index (χ1) is 16.4. The molecular formula is C27H26N6. The zero-order valence-corrected chi connectivity index (χ0v) is 18.4. The third kappa shape index (κ3) is 5.07.